The number of aromatic nitrogens is 2. The van der Waals surface area contributed by atoms with Gasteiger partial charge in [0.1, 0.15) is 0 Å². The molecule has 4 nitrogen and oxygen atoms in total. The van der Waals surface area contributed by atoms with Crippen molar-refractivity contribution >= 4 is 0 Å². The van der Waals surface area contributed by atoms with E-state index in [9.17, 15) is 9.90 Å². The van der Waals surface area contributed by atoms with Gasteiger partial charge in [-0.1, -0.05) is 0 Å². The third-order valence-corrected chi connectivity index (χ3v) is 1.59. The highest BCUT2D eigenvalue weighted by Crippen LogP contribution is 2.15. The first-order chi connectivity index (χ1) is 5.04. The molecule has 1 rings (SSSR count). The first-order valence-corrected chi connectivity index (χ1v) is 3.54. The maximum atomic E-state index is 11.0. The number of rotatable bonds is 1. The molecule has 0 aliphatic rings. The maximum absolute atomic E-state index is 11.0. The zero-order valence-corrected chi connectivity index (χ0v) is 6.88. The van der Waals surface area contributed by atoms with Gasteiger partial charge in [0.25, 0.3) is 0 Å². The summed E-state index contributed by atoms with van der Waals surface area (Å²) in [5.74, 6) is 0.0324. The molecule has 0 fully saturated rings. The second-order valence-corrected chi connectivity index (χ2v) is 2.84. The molecule has 0 bridgehead atoms. The average Bonchev–Trinajstić information content (AvgIpc) is 2.07. The number of aromatic hydroxyl groups is 1. The van der Waals surface area contributed by atoms with Crippen LogP contribution in [0.25, 0.3) is 0 Å². The van der Waals surface area contributed by atoms with Crippen molar-refractivity contribution in [2.75, 3.05) is 0 Å². The molecule has 0 radical (unpaired) electrons. The molecule has 0 unspecified atom stereocenters. The second kappa shape index (κ2) is 2.45. The van der Waals surface area contributed by atoms with Gasteiger partial charge in [0, 0.05) is 6.04 Å². The largest absolute Gasteiger partial charge is 0.493 e. The summed E-state index contributed by atoms with van der Waals surface area (Å²) in [4.78, 5) is 13.6. The quantitative estimate of drug-likeness (QED) is 0.631. The number of aryl methyl sites for hydroxylation is 1. The van der Waals surface area contributed by atoms with Crippen molar-refractivity contribution in [2.24, 2.45) is 0 Å². The van der Waals surface area contributed by atoms with E-state index in [0.29, 0.717) is 5.69 Å². The van der Waals surface area contributed by atoms with Crippen LogP contribution in [0.2, 0.25) is 0 Å². The summed E-state index contributed by atoms with van der Waals surface area (Å²) in [6.07, 6.45) is 0. The molecule has 0 aliphatic carbocycles. The second-order valence-electron chi connectivity index (χ2n) is 2.84. The number of hydrogen-bond donors (Lipinski definition) is 2. The lowest BCUT2D eigenvalue weighted by molar-refractivity contribution is 0.392. The minimum absolute atomic E-state index is 0.00699. The van der Waals surface area contributed by atoms with E-state index < -0.39 is 0 Å². The summed E-state index contributed by atoms with van der Waals surface area (Å²) in [7, 11) is 0. The summed E-state index contributed by atoms with van der Waals surface area (Å²) in [6, 6.07) is -0.00699. The van der Waals surface area contributed by atoms with Crippen molar-refractivity contribution in [3.05, 3.63) is 16.2 Å². The fraction of sp³-hybridized carbons (Fsp3) is 0.571. The molecule has 1 aromatic heterocycles. The Morgan fingerprint density at radius 3 is 2.27 bits per heavy atom. The van der Waals surface area contributed by atoms with Crippen LogP contribution >= 0.6 is 0 Å². The third kappa shape index (κ3) is 1.15. The van der Waals surface area contributed by atoms with Crippen LogP contribution in [0.3, 0.4) is 0 Å². The Morgan fingerprint density at radius 1 is 1.55 bits per heavy atom. The lowest BCUT2D eigenvalue weighted by Gasteiger charge is -2.05. The lowest BCUT2D eigenvalue weighted by Crippen LogP contribution is -2.18. The van der Waals surface area contributed by atoms with E-state index in [0.717, 1.165) is 0 Å². The topological polar surface area (TPSA) is 58.0 Å². The van der Waals surface area contributed by atoms with Crippen LogP contribution in [-0.4, -0.2) is 14.7 Å². The lowest BCUT2D eigenvalue weighted by atomic mass is 10.4. The Morgan fingerprint density at radius 2 is 2.09 bits per heavy atom. The summed E-state index contributed by atoms with van der Waals surface area (Å²) in [5.41, 5.74) is 0.263. The van der Waals surface area contributed by atoms with E-state index in [1.54, 1.807) is 6.92 Å². The van der Waals surface area contributed by atoms with E-state index in [2.05, 4.69) is 4.98 Å². The smallest absolute Gasteiger partial charge is 0.328 e. The summed E-state index contributed by atoms with van der Waals surface area (Å²) < 4.78 is 1.31. The average molecular weight is 156 g/mol. The van der Waals surface area contributed by atoms with Crippen LogP contribution in [0.4, 0.5) is 0 Å². The Balaban J connectivity index is 3.34. The molecule has 1 heterocycles. The number of aromatic amines is 1. The van der Waals surface area contributed by atoms with E-state index in [-0.39, 0.29) is 17.6 Å². The van der Waals surface area contributed by atoms with Crippen LogP contribution in [0.15, 0.2) is 4.79 Å². The van der Waals surface area contributed by atoms with Gasteiger partial charge in [0.2, 0.25) is 5.88 Å². The summed E-state index contributed by atoms with van der Waals surface area (Å²) >= 11 is 0. The van der Waals surface area contributed by atoms with Gasteiger partial charge in [-0.2, -0.15) is 0 Å². The van der Waals surface area contributed by atoms with Gasteiger partial charge < -0.3 is 10.1 Å². The SMILES string of the molecule is Cc1[nH]c(=O)n(C(C)C)c1O. The van der Waals surface area contributed by atoms with Crippen LogP contribution in [0.5, 0.6) is 5.88 Å². The molecular weight excluding hydrogens is 144 g/mol. The molecule has 0 amide bonds. The highest BCUT2D eigenvalue weighted by Gasteiger charge is 2.10. The normalized spacial score (nSPS) is 10.9. The Kier molecular flexibility index (Phi) is 1.76. The molecule has 1 aromatic rings. The van der Waals surface area contributed by atoms with Crippen LogP contribution in [-0.2, 0) is 0 Å². The molecule has 0 aliphatic heterocycles. The van der Waals surface area contributed by atoms with Crippen molar-refractivity contribution in [3.8, 4) is 5.88 Å². The van der Waals surface area contributed by atoms with E-state index in [1.165, 1.54) is 4.57 Å². The fourth-order valence-electron chi connectivity index (χ4n) is 1.03. The van der Waals surface area contributed by atoms with Gasteiger partial charge in [-0.15, -0.1) is 0 Å². The van der Waals surface area contributed by atoms with Gasteiger partial charge in [-0.3, -0.25) is 4.57 Å². The van der Waals surface area contributed by atoms with Crippen LogP contribution in [0, 0.1) is 6.92 Å². The summed E-state index contributed by atoms with van der Waals surface area (Å²) in [6.45, 7) is 5.35. The molecule has 0 saturated heterocycles. The minimum Gasteiger partial charge on any atom is -0.493 e. The molecule has 0 saturated carbocycles. The van der Waals surface area contributed by atoms with Crippen molar-refractivity contribution in [2.45, 2.75) is 26.8 Å². The highest BCUT2D eigenvalue weighted by molar-refractivity contribution is 5.16. The van der Waals surface area contributed by atoms with Gasteiger partial charge in [0.05, 0.1) is 5.69 Å². The van der Waals surface area contributed by atoms with Crippen molar-refractivity contribution in [1.29, 1.82) is 0 Å². The van der Waals surface area contributed by atoms with Gasteiger partial charge in [-0.05, 0) is 20.8 Å². The standard InChI is InChI=1S/C7H12N2O2/c1-4(2)9-6(10)5(3)8-7(9)11/h4,10H,1-3H3,(H,8,11). The van der Waals surface area contributed by atoms with Crippen LogP contribution < -0.4 is 5.69 Å². The number of hydrogen-bond acceptors (Lipinski definition) is 2. The van der Waals surface area contributed by atoms with Crippen LogP contribution in [0.1, 0.15) is 25.6 Å². The first-order valence-electron chi connectivity index (χ1n) is 3.54. The highest BCUT2D eigenvalue weighted by atomic mass is 16.3. The predicted octanol–water partition coefficient (Wildman–Crippen LogP) is 0.771. The summed E-state index contributed by atoms with van der Waals surface area (Å²) in [5, 5.41) is 9.32. The van der Waals surface area contributed by atoms with E-state index in [4.69, 9.17) is 0 Å². The number of nitrogens with one attached hydrogen (secondary N) is 1. The third-order valence-electron chi connectivity index (χ3n) is 1.59. The Labute approximate surface area is 64.5 Å². The fourth-order valence-corrected chi connectivity index (χ4v) is 1.03. The molecule has 4 heteroatoms. The van der Waals surface area contributed by atoms with Gasteiger partial charge in [0.15, 0.2) is 0 Å². The molecule has 0 aromatic carbocycles. The zero-order chi connectivity index (χ0) is 8.59. The van der Waals surface area contributed by atoms with Crippen molar-refractivity contribution < 1.29 is 5.11 Å². The molecule has 62 valence electrons. The minimum atomic E-state index is -0.255. The number of nitrogens with zero attached hydrogens (tertiary/aromatic N) is 1. The predicted molar refractivity (Wildman–Crippen MR) is 41.8 cm³/mol. The van der Waals surface area contributed by atoms with Crippen molar-refractivity contribution in [1.82, 2.24) is 9.55 Å². The molecule has 2 N–H and O–H groups in total. The van der Waals surface area contributed by atoms with E-state index in [1.807, 2.05) is 13.8 Å². The Hall–Kier alpha value is -1.19. The number of H-pyrrole nitrogens is 1. The molecular formula is C7H12N2O2. The molecule has 0 atom stereocenters. The van der Waals surface area contributed by atoms with Gasteiger partial charge >= 0.3 is 5.69 Å². The number of imidazole rings is 1. The van der Waals surface area contributed by atoms with Crippen molar-refractivity contribution in [3.63, 3.8) is 0 Å². The Bertz CT molecular complexity index is 309. The van der Waals surface area contributed by atoms with E-state index >= 15 is 0 Å². The zero-order valence-electron chi connectivity index (χ0n) is 6.88. The maximum Gasteiger partial charge on any atom is 0.328 e. The monoisotopic (exact) mass is 156 g/mol. The first kappa shape index (κ1) is 7.91. The molecule has 0 spiro atoms. The van der Waals surface area contributed by atoms with Gasteiger partial charge in [-0.25, -0.2) is 4.79 Å². The molecule has 11 heavy (non-hydrogen) atoms.